The van der Waals surface area contributed by atoms with E-state index < -0.39 is 5.97 Å². The van der Waals surface area contributed by atoms with E-state index in [1.807, 2.05) is 38.1 Å². The highest BCUT2D eigenvalue weighted by atomic mass is 16.5. The van der Waals surface area contributed by atoms with Gasteiger partial charge in [-0.15, -0.1) is 0 Å². The summed E-state index contributed by atoms with van der Waals surface area (Å²) in [5.74, 6) is -1.03. The first-order chi connectivity index (χ1) is 9.56. The first-order valence-corrected chi connectivity index (χ1v) is 6.71. The van der Waals surface area contributed by atoms with Crippen molar-refractivity contribution in [1.29, 1.82) is 0 Å². The molecule has 1 aromatic carbocycles. The van der Waals surface area contributed by atoms with E-state index in [0.717, 1.165) is 11.3 Å². The number of para-hydroxylation sites is 1. The molecule has 0 bridgehead atoms. The maximum Gasteiger partial charge on any atom is 0.305 e. The second kappa shape index (κ2) is 8.32. The molecule has 1 N–H and O–H groups in total. The van der Waals surface area contributed by atoms with Crippen LogP contribution in [0.5, 0.6) is 0 Å². The molecule has 1 rings (SSSR count). The quantitative estimate of drug-likeness (QED) is 0.741. The molecule has 0 fully saturated rings. The second-order valence-corrected chi connectivity index (χ2v) is 4.42. The predicted molar refractivity (Wildman–Crippen MR) is 76.9 cm³/mol. The number of ether oxygens (including phenoxy) is 1. The van der Waals surface area contributed by atoms with Gasteiger partial charge in [-0.2, -0.15) is 0 Å². The maximum atomic E-state index is 12.2. The molecule has 0 spiro atoms. The van der Waals surface area contributed by atoms with Gasteiger partial charge in [0.25, 0.3) is 0 Å². The highest BCUT2D eigenvalue weighted by molar-refractivity contribution is 5.94. The summed E-state index contributed by atoms with van der Waals surface area (Å²) in [5.41, 5.74) is 1.71. The number of hydrogen-bond acceptors (Lipinski definition) is 3. The molecule has 0 atom stereocenters. The van der Waals surface area contributed by atoms with Gasteiger partial charge >= 0.3 is 5.97 Å². The lowest BCUT2D eigenvalue weighted by atomic mass is 10.1. The monoisotopic (exact) mass is 279 g/mol. The van der Waals surface area contributed by atoms with Crippen LogP contribution in [0.25, 0.3) is 0 Å². The Balaban J connectivity index is 2.82. The molecule has 0 aliphatic carbocycles. The number of carbonyl (C=O) groups excluding carboxylic acids is 1. The largest absolute Gasteiger partial charge is 0.481 e. The van der Waals surface area contributed by atoms with Gasteiger partial charge in [0.15, 0.2) is 0 Å². The standard InChI is InChI=1S/C15H21NO4/c1-3-20-11-9-14(17)16(10-8-15(18)19)13-7-5-4-6-12(13)2/h4-7H,3,8-11H2,1-2H3,(H,18,19). The Kier molecular flexibility index (Phi) is 6.73. The van der Waals surface area contributed by atoms with Crippen molar-refractivity contribution in [3.63, 3.8) is 0 Å². The van der Waals surface area contributed by atoms with E-state index >= 15 is 0 Å². The molecule has 0 aromatic heterocycles. The molecular formula is C15H21NO4. The summed E-state index contributed by atoms with van der Waals surface area (Å²) in [6, 6.07) is 7.46. The molecule has 0 aliphatic rings. The molecule has 1 aromatic rings. The summed E-state index contributed by atoms with van der Waals surface area (Å²) < 4.78 is 5.18. The zero-order valence-electron chi connectivity index (χ0n) is 12.0. The van der Waals surface area contributed by atoms with Gasteiger partial charge in [-0.25, -0.2) is 0 Å². The van der Waals surface area contributed by atoms with E-state index in [1.54, 1.807) is 0 Å². The number of aryl methyl sites for hydroxylation is 1. The Labute approximate surface area is 119 Å². The average Bonchev–Trinajstić information content (AvgIpc) is 2.41. The third-order valence-electron chi connectivity index (χ3n) is 2.92. The SMILES string of the molecule is CCOCCC(=O)N(CCC(=O)O)c1ccccc1C. The summed E-state index contributed by atoms with van der Waals surface area (Å²) >= 11 is 0. The van der Waals surface area contributed by atoms with Gasteiger partial charge in [0, 0.05) is 18.8 Å². The Morgan fingerprint density at radius 1 is 1.25 bits per heavy atom. The molecule has 0 heterocycles. The van der Waals surface area contributed by atoms with Gasteiger partial charge in [0.1, 0.15) is 0 Å². The fraction of sp³-hybridized carbons (Fsp3) is 0.467. The number of hydrogen-bond donors (Lipinski definition) is 1. The average molecular weight is 279 g/mol. The lowest BCUT2D eigenvalue weighted by molar-refractivity contribution is -0.136. The van der Waals surface area contributed by atoms with Crippen molar-refractivity contribution >= 4 is 17.6 Å². The van der Waals surface area contributed by atoms with Crippen molar-refractivity contribution in [2.75, 3.05) is 24.7 Å². The van der Waals surface area contributed by atoms with Crippen molar-refractivity contribution in [2.24, 2.45) is 0 Å². The van der Waals surface area contributed by atoms with Crippen LogP contribution < -0.4 is 4.90 Å². The van der Waals surface area contributed by atoms with E-state index in [9.17, 15) is 9.59 Å². The fourth-order valence-electron chi connectivity index (χ4n) is 1.89. The van der Waals surface area contributed by atoms with Gasteiger partial charge in [-0.3, -0.25) is 9.59 Å². The second-order valence-electron chi connectivity index (χ2n) is 4.42. The molecule has 0 saturated carbocycles. The van der Waals surface area contributed by atoms with Crippen molar-refractivity contribution in [2.45, 2.75) is 26.7 Å². The summed E-state index contributed by atoms with van der Waals surface area (Å²) in [6.07, 6.45) is 0.177. The van der Waals surface area contributed by atoms with E-state index in [4.69, 9.17) is 9.84 Å². The zero-order chi connectivity index (χ0) is 15.0. The molecule has 0 aliphatic heterocycles. The lowest BCUT2D eigenvalue weighted by Gasteiger charge is -2.24. The van der Waals surface area contributed by atoms with Crippen LogP contribution in [-0.4, -0.2) is 36.7 Å². The highest BCUT2D eigenvalue weighted by Crippen LogP contribution is 2.20. The minimum Gasteiger partial charge on any atom is -0.481 e. The number of carboxylic acids is 1. The molecule has 0 unspecified atom stereocenters. The van der Waals surface area contributed by atoms with Gasteiger partial charge < -0.3 is 14.7 Å². The van der Waals surface area contributed by atoms with E-state index in [2.05, 4.69) is 0 Å². The van der Waals surface area contributed by atoms with E-state index in [1.165, 1.54) is 4.90 Å². The van der Waals surface area contributed by atoms with Crippen molar-refractivity contribution in [3.05, 3.63) is 29.8 Å². The Morgan fingerprint density at radius 2 is 1.95 bits per heavy atom. The molecule has 0 radical (unpaired) electrons. The molecule has 5 heteroatoms. The van der Waals surface area contributed by atoms with Crippen molar-refractivity contribution in [3.8, 4) is 0 Å². The number of carboxylic acid groups (broad SMARTS) is 1. The predicted octanol–water partition coefficient (Wildman–Crippen LogP) is 2.23. The number of nitrogens with zero attached hydrogens (tertiary/aromatic N) is 1. The van der Waals surface area contributed by atoms with Crippen LogP contribution in [0, 0.1) is 6.92 Å². The van der Waals surface area contributed by atoms with Crippen LogP contribution in [0.15, 0.2) is 24.3 Å². The third kappa shape index (κ3) is 5.01. The Bertz CT molecular complexity index is 459. The topological polar surface area (TPSA) is 66.8 Å². The van der Waals surface area contributed by atoms with Gasteiger partial charge in [-0.05, 0) is 25.5 Å². The number of amides is 1. The normalized spacial score (nSPS) is 10.3. The van der Waals surface area contributed by atoms with Crippen molar-refractivity contribution in [1.82, 2.24) is 0 Å². The highest BCUT2D eigenvalue weighted by Gasteiger charge is 2.18. The van der Waals surface area contributed by atoms with Crippen molar-refractivity contribution < 1.29 is 19.4 Å². The smallest absolute Gasteiger partial charge is 0.305 e. The number of rotatable bonds is 8. The minimum atomic E-state index is -0.916. The first kappa shape index (κ1) is 16.2. The van der Waals surface area contributed by atoms with Crippen LogP contribution in [0.3, 0.4) is 0 Å². The van der Waals surface area contributed by atoms with E-state index in [0.29, 0.717) is 13.2 Å². The van der Waals surface area contributed by atoms with Crippen LogP contribution in [0.1, 0.15) is 25.3 Å². The van der Waals surface area contributed by atoms with Gasteiger partial charge in [-0.1, -0.05) is 18.2 Å². The summed E-state index contributed by atoms with van der Waals surface area (Å²) in [7, 11) is 0. The molecule has 1 amide bonds. The first-order valence-electron chi connectivity index (χ1n) is 6.71. The molecule has 0 saturated heterocycles. The number of anilines is 1. The lowest BCUT2D eigenvalue weighted by Crippen LogP contribution is -2.34. The molecule has 110 valence electrons. The molecular weight excluding hydrogens is 258 g/mol. The van der Waals surface area contributed by atoms with Gasteiger partial charge in [0.05, 0.1) is 19.4 Å². The van der Waals surface area contributed by atoms with Crippen LogP contribution in [0.4, 0.5) is 5.69 Å². The summed E-state index contributed by atoms with van der Waals surface area (Å²) in [6.45, 7) is 4.86. The summed E-state index contributed by atoms with van der Waals surface area (Å²) in [4.78, 5) is 24.5. The number of aliphatic carboxylic acids is 1. The van der Waals surface area contributed by atoms with Crippen LogP contribution >= 0.6 is 0 Å². The Morgan fingerprint density at radius 3 is 2.55 bits per heavy atom. The van der Waals surface area contributed by atoms with Gasteiger partial charge in [0.2, 0.25) is 5.91 Å². The zero-order valence-corrected chi connectivity index (χ0v) is 12.0. The molecule has 20 heavy (non-hydrogen) atoms. The Hall–Kier alpha value is -1.88. The fourth-order valence-corrected chi connectivity index (χ4v) is 1.89. The van der Waals surface area contributed by atoms with Crippen LogP contribution in [0.2, 0.25) is 0 Å². The summed E-state index contributed by atoms with van der Waals surface area (Å²) in [5, 5.41) is 8.81. The minimum absolute atomic E-state index is 0.0747. The third-order valence-corrected chi connectivity index (χ3v) is 2.92. The van der Waals surface area contributed by atoms with Crippen LogP contribution in [-0.2, 0) is 14.3 Å². The number of benzene rings is 1. The molecule has 5 nitrogen and oxygen atoms in total. The number of carbonyl (C=O) groups is 2. The van der Waals surface area contributed by atoms with E-state index in [-0.39, 0.29) is 25.3 Å². The maximum absolute atomic E-state index is 12.2.